The summed E-state index contributed by atoms with van der Waals surface area (Å²) in [5, 5.41) is 0. The van der Waals surface area contributed by atoms with Gasteiger partial charge in [-0.15, -0.1) is 0 Å². The molecule has 0 aliphatic rings. The highest BCUT2D eigenvalue weighted by molar-refractivity contribution is 5.69. The maximum Gasteiger partial charge on any atom is 0.422 e. The van der Waals surface area contributed by atoms with Gasteiger partial charge in [-0.3, -0.25) is 4.79 Å². The maximum absolute atomic E-state index is 11.7. The molecule has 0 radical (unpaired) electrons. The van der Waals surface area contributed by atoms with Crippen molar-refractivity contribution >= 4 is 5.97 Å². The molecule has 0 N–H and O–H groups in total. The maximum atomic E-state index is 11.7. The summed E-state index contributed by atoms with van der Waals surface area (Å²) in [6.07, 6.45) is -4.43. The summed E-state index contributed by atoms with van der Waals surface area (Å²) in [5.74, 6) is -0.812. The molecular weight excluding hydrogens is 209 g/mol. The molecule has 15 heavy (non-hydrogen) atoms. The average Bonchev–Trinajstić information content (AvgIpc) is 1.97. The minimum absolute atomic E-state index is 0.0135. The first-order valence-corrected chi connectivity index (χ1v) is 4.75. The van der Waals surface area contributed by atoms with Crippen LogP contribution in [0.4, 0.5) is 13.2 Å². The van der Waals surface area contributed by atoms with E-state index >= 15 is 0 Å². The van der Waals surface area contributed by atoms with E-state index in [2.05, 4.69) is 4.74 Å². The SMILES string of the molecule is CC(CC(=O)OCC(F)(F)F)C(C)(C)C. The third kappa shape index (κ3) is 7.22. The Hall–Kier alpha value is -0.740. The van der Waals surface area contributed by atoms with Crippen molar-refractivity contribution in [1.82, 2.24) is 0 Å². The predicted octanol–water partition coefficient (Wildman–Crippen LogP) is 3.16. The Morgan fingerprint density at radius 3 is 2.07 bits per heavy atom. The molecule has 1 unspecified atom stereocenters. The van der Waals surface area contributed by atoms with E-state index in [1.54, 1.807) is 0 Å². The molecule has 0 bridgehead atoms. The fourth-order valence-corrected chi connectivity index (χ4v) is 0.777. The van der Waals surface area contributed by atoms with E-state index in [9.17, 15) is 18.0 Å². The number of alkyl halides is 3. The van der Waals surface area contributed by atoms with Gasteiger partial charge in [-0.25, -0.2) is 0 Å². The summed E-state index contributed by atoms with van der Waals surface area (Å²) in [6, 6.07) is 0. The highest BCUT2D eigenvalue weighted by atomic mass is 19.4. The Morgan fingerprint density at radius 1 is 1.27 bits per heavy atom. The first-order valence-electron chi connectivity index (χ1n) is 4.75. The molecule has 0 aliphatic heterocycles. The normalized spacial score (nSPS) is 14.9. The van der Waals surface area contributed by atoms with Crippen molar-refractivity contribution in [2.24, 2.45) is 11.3 Å². The number of hydrogen-bond acceptors (Lipinski definition) is 2. The summed E-state index contributed by atoms with van der Waals surface area (Å²) in [7, 11) is 0. The van der Waals surface area contributed by atoms with E-state index in [0.717, 1.165) is 0 Å². The molecule has 0 aromatic carbocycles. The lowest BCUT2D eigenvalue weighted by atomic mass is 9.80. The largest absolute Gasteiger partial charge is 0.456 e. The number of esters is 1. The minimum atomic E-state index is -4.44. The van der Waals surface area contributed by atoms with Gasteiger partial charge >= 0.3 is 12.1 Å². The van der Waals surface area contributed by atoms with Crippen LogP contribution in [0.15, 0.2) is 0 Å². The first-order chi connectivity index (χ1) is 6.52. The van der Waals surface area contributed by atoms with Crippen LogP contribution in [0.3, 0.4) is 0 Å². The smallest absolute Gasteiger partial charge is 0.422 e. The predicted molar refractivity (Wildman–Crippen MR) is 50.3 cm³/mol. The number of carbonyl (C=O) groups is 1. The average molecular weight is 226 g/mol. The van der Waals surface area contributed by atoms with Gasteiger partial charge in [0.25, 0.3) is 0 Å². The van der Waals surface area contributed by atoms with Crippen LogP contribution in [0.2, 0.25) is 0 Å². The molecule has 0 heterocycles. The Labute approximate surface area is 87.8 Å². The quantitative estimate of drug-likeness (QED) is 0.691. The van der Waals surface area contributed by atoms with Gasteiger partial charge in [-0.2, -0.15) is 13.2 Å². The molecule has 0 saturated carbocycles. The zero-order valence-corrected chi connectivity index (χ0v) is 9.44. The summed E-state index contributed by atoms with van der Waals surface area (Å²) >= 11 is 0. The molecule has 5 heteroatoms. The minimum Gasteiger partial charge on any atom is -0.456 e. The van der Waals surface area contributed by atoms with Crippen molar-refractivity contribution in [3.63, 3.8) is 0 Å². The zero-order chi connectivity index (χ0) is 12.3. The van der Waals surface area contributed by atoms with Crippen LogP contribution in [0, 0.1) is 11.3 Å². The van der Waals surface area contributed by atoms with Crippen LogP contribution in [-0.2, 0) is 9.53 Å². The second-order valence-electron chi connectivity index (χ2n) is 4.75. The van der Waals surface area contributed by atoms with Gasteiger partial charge < -0.3 is 4.74 Å². The number of rotatable bonds is 3. The van der Waals surface area contributed by atoms with Gasteiger partial charge in [0.1, 0.15) is 0 Å². The van der Waals surface area contributed by atoms with Crippen molar-refractivity contribution < 1.29 is 22.7 Å². The third-order valence-electron chi connectivity index (χ3n) is 2.35. The lowest BCUT2D eigenvalue weighted by molar-refractivity contribution is -0.187. The van der Waals surface area contributed by atoms with Crippen molar-refractivity contribution in [1.29, 1.82) is 0 Å². The lowest BCUT2D eigenvalue weighted by Crippen LogP contribution is -2.25. The van der Waals surface area contributed by atoms with E-state index in [-0.39, 0.29) is 17.8 Å². The molecule has 0 spiro atoms. The first kappa shape index (κ1) is 14.3. The highest BCUT2D eigenvalue weighted by Gasteiger charge is 2.30. The van der Waals surface area contributed by atoms with Gasteiger partial charge in [-0.05, 0) is 11.3 Å². The Morgan fingerprint density at radius 2 is 1.73 bits per heavy atom. The molecule has 90 valence electrons. The zero-order valence-electron chi connectivity index (χ0n) is 9.44. The number of hydrogen-bond donors (Lipinski definition) is 0. The van der Waals surface area contributed by atoms with Crippen molar-refractivity contribution in [2.75, 3.05) is 6.61 Å². The van der Waals surface area contributed by atoms with Crippen LogP contribution in [0.1, 0.15) is 34.1 Å². The van der Waals surface area contributed by atoms with Gasteiger partial charge in [-0.1, -0.05) is 27.7 Å². The van der Waals surface area contributed by atoms with E-state index < -0.39 is 18.8 Å². The summed E-state index contributed by atoms with van der Waals surface area (Å²) in [5.41, 5.74) is -0.114. The number of carbonyl (C=O) groups excluding carboxylic acids is 1. The highest BCUT2D eigenvalue weighted by Crippen LogP contribution is 2.28. The summed E-state index contributed by atoms with van der Waals surface area (Å²) in [6.45, 7) is 6.09. The molecule has 0 saturated heterocycles. The van der Waals surface area contributed by atoms with Gasteiger partial charge in [0, 0.05) is 6.42 Å². The lowest BCUT2D eigenvalue weighted by Gasteiger charge is -2.26. The molecule has 0 fully saturated rings. The molecule has 0 rings (SSSR count). The number of halogens is 3. The van der Waals surface area contributed by atoms with E-state index in [0.29, 0.717) is 0 Å². The topological polar surface area (TPSA) is 26.3 Å². The fraction of sp³-hybridized carbons (Fsp3) is 0.900. The van der Waals surface area contributed by atoms with Crippen LogP contribution in [0.25, 0.3) is 0 Å². The van der Waals surface area contributed by atoms with Crippen molar-refractivity contribution in [3.05, 3.63) is 0 Å². The van der Waals surface area contributed by atoms with Gasteiger partial charge in [0.15, 0.2) is 6.61 Å². The van der Waals surface area contributed by atoms with Crippen molar-refractivity contribution in [3.8, 4) is 0 Å². The second-order valence-corrected chi connectivity index (χ2v) is 4.75. The van der Waals surface area contributed by atoms with Gasteiger partial charge in [0.2, 0.25) is 0 Å². The Kier molecular flexibility index (Phi) is 4.62. The van der Waals surface area contributed by atoms with Crippen molar-refractivity contribution in [2.45, 2.75) is 40.3 Å². The standard InChI is InChI=1S/C10H17F3O2/c1-7(9(2,3)4)5-8(14)15-6-10(11,12)13/h7H,5-6H2,1-4H3. The van der Waals surface area contributed by atoms with Gasteiger partial charge in [0.05, 0.1) is 0 Å². The third-order valence-corrected chi connectivity index (χ3v) is 2.35. The molecule has 2 nitrogen and oxygen atoms in total. The molecule has 0 aromatic heterocycles. The second kappa shape index (κ2) is 4.86. The molecular formula is C10H17F3O2. The summed E-state index contributed by atoms with van der Waals surface area (Å²) < 4.78 is 39.2. The Bertz CT molecular complexity index is 216. The van der Waals surface area contributed by atoms with Crippen LogP contribution >= 0.6 is 0 Å². The molecule has 0 aromatic rings. The van der Waals surface area contributed by atoms with E-state index in [4.69, 9.17) is 0 Å². The fourth-order valence-electron chi connectivity index (χ4n) is 0.777. The molecule has 1 atom stereocenters. The van der Waals surface area contributed by atoms with Crippen LogP contribution in [-0.4, -0.2) is 18.8 Å². The molecule has 0 amide bonds. The van der Waals surface area contributed by atoms with E-state index in [1.165, 1.54) is 0 Å². The number of ether oxygens (including phenoxy) is 1. The van der Waals surface area contributed by atoms with Crippen LogP contribution in [0.5, 0.6) is 0 Å². The molecule has 0 aliphatic carbocycles. The Balaban J connectivity index is 3.96. The monoisotopic (exact) mass is 226 g/mol. The van der Waals surface area contributed by atoms with E-state index in [1.807, 2.05) is 27.7 Å². The van der Waals surface area contributed by atoms with Crippen LogP contribution < -0.4 is 0 Å². The summed E-state index contributed by atoms with van der Waals surface area (Å²) in [4.78, 5) is 11.0.